The molecule has 29 heavy (non-hydrogen) atoms. The van der Waals surface area contributed by atoms with Crippen LogP contribution in [0.5, 0.6) is 5.75 Å². The maximum atomic E-state index is 14.7. The molecule has 3 rings (SSSR count). The van der Waals surface area contributed by atoms with Gasteiger partial charge >= 0.3 is 5.76 Å². The molecule has 2 heterocycles. The molecule has 0 N–H and O–H groups in total. The van der Waals surface area contributed by atoms with Crippen molar-refractivity contribution < 1.29 is 23.0 Å². The molecular weight excluding hydrogens is 424 g/mol. The van der Waals surface area contributed by atoms with E-state index in [1.54, 1.807) is 0 Å². The lowest BCUT2D eigenvalue weighted by atomic mass is 9.94. The Hall–Kier alpha value is -1.54. The zero-order valence-electron chi connectivity index (χ0n) is 16.8. The van der Waals surface area contributed by atoms with Gasteiger partial charge in [-0.2, -0.15) is 0 Å². The molecular formula is C20H24Cl2FNO5. The van der Waals surface area contributed by atoms with Gasteiger partial charge < -0.3 is 18.6 Å². The van der Waals surface area contributed by atoms with Gasteiger partial charge in [-0.25, -0.2) is 13.8 Å². The van der Waals surface area contributed by atoms with Gasteiger partial charge in [0.2, 0.25) is 0 Å². The first kappa shape index (κ1) is 22.2. The largest absolute Gasteiger partial charge is 0.486 e. The van der Waals surface area contributed by atoms with E-state index in [0.29, 0.717) is 26.1 Å². The van der Waals surface area contributed by atoms with Gasteiger partial charge in [-0.1, -0.05) is 44.0 Å². The molecule has 2 atom stereocenters. The van der Waals surface area contributed by atoms with Crippen molar-refractivity contribution in [1.82, 2.24) is 4.57 Å². The normalized spacial score (nSPS) is 20.1. The summed E-state index contributed by atoms with van der Waals surface area (Å²) >= 11 is 12.5. The van der Waals surface area contributed by atoms with E-state index in [0.717, 1.165) is 10.6 Å². The number of benzene rings is 1. The Labute approximate surface area is 178 Å². The lowest BCUT2D eigenvalue weighted by molar-refractivity contribution is -0.180. The lowest BCUT2D eigenvalue weighted by Crippen LogP contribution is -2.34. The fraction of sp³-hybridized carbons (Fsp3) is 0.550. The number of oxazole rings is 1. The van der Waals surface area contributed by atoms with E-state index in [1.807, 2.05) is 27.7 Å². The summed E-state index contributed by atoms with van der Waals surface area (Å²) in [4.78, 5) is 12.4. The summed E-state index contributed by atoms with van der Waals surface area (Å²) in [5, 5.41) is 0.0946. The second-order valence-electron chi connectivity index (χ2n) is 7.84. The van der Waals surface area contributed by atoms with Crippen LogP contribution in [0.2, 0.25) is 10.2 Å². The fourth-order valence-electron chi connectivity index (χ4n) is 3.10. The topological polar surface area (TPSA) is 62.8 Å². The van der Waals surface area contributed by atoms with Crippen LogP contribution in [0.4, 0.5) is 4.39 Å². The molecule has 6 nitrogen and oxygen atoms in total. The number of nitrogens with zero attached hydrogens (tertiary/aromatic N) is 1. The SMILES string of the molecule is CCOC1CCC(Oc2cc(-n3c(Cl)c(C(C)(C)C)oc3=O)c(F)cc2Cl)CO1. The van der Waals surface area contributed by atoms with E-state index in [4.69, 9.17) is 41.8 Å². The van der Waals surface area contributed by atoms with Crippen LogP contribution in [0.1, 0.15) is 46.3 Å². The maximum absolute atomic E-state index is 14.7. The van der Waals surface area contributed by atoms with E-state index >= 15 is 0 Å². The van der Waals surface area contributed by atoms with Gasteiger partial charge in [0.15, 0.2) is 17.2 Å². The number of ether oxygens (including phenoxy) is 3. The van der Waals surface area contributed by atoms with Crippen LogP contribution in [0, 0.1) is 5.82 Å². The van der Waals surface area contributed by atoms with Crippen LogP contribution < -0.4 is 10.5 Å². The third kappa shape index (κ3) is 4.79. The molecule has 1 aliphatic heterocycles. The van der Waals surface area contributed by atoms with Gasteiger partial charge in [0.25, 0.3) is 0 Å². The predicted octanol–water partition coefficient (Wildman–Crippen LogP) is 5.09. The lowest BCUT2D eigenvalue weighted by Gasteiger charge is -2.29. The van der Waals surface area contributed by atoms with Crippen molar-refractivity contribution in [2.75, 3.05) is 13.2 Å². The Morgan fingerprint density at radius 1 is 1.28 bits per heavy atom. The second-order valence-corrected chi connectivity index (χ2v) is 8.61. The van der Waals surface area contributed by atoms with Gasteiger partial charge in [-0.15, -0.1) is 0 Å². The highest BCUT2D eigenvalue weighted by Gasteiger charge is 2.29. The van der Waals surface area contributed by atoms with Crippen LogP contribution >= 0.6 is 23.2 Å². The molecule has 1 saturated heterocycles. The molecule has 9 heteroatoms. The Balaban J connectivity index is 1.90. The molecule has 0 bridgehead atoms. The molecule has 1 aromatic carbocycles. The monoisotopic (exact) mass is 447 g/mol. The summed E-state index contributed by atoms with van der Waals surface area (Å²) in [6.45, 7) is 8.31. The third-order valence-electron chi connectivity index (χ3n) is 4.52. The van der Waals surface area contributed by atoms with E-state index in [1.165, 1.54) is 6.07 Å². The summed E-state index contributed by atoms with van der Waals surface area (Å²) in [7, 11) is 0. The molecule has 0 amide bonds. The van der Waals surface area contributed by atoms with Crippen molar-refractivity contribution >= 4 is 23.2 Å². The van der Waals surface area contributed by atoms with Crippen molar-refractivity contribution in [3.8, 4) is 11.4 Å². The minimum Gasteiger partial charge on any atom is -0.486 e. The summed E-state index contributed by atoms with van der Waals surface area (Å²) in [6, 6.07) is 2.44. The molecule has 0 radical (unpaired) electrons. The summed E-state index contributed by atoms with van der Waals surface area (Å²) in [6.07, 6.45) is 0.836. The third-order valence-corrected chi connectivity index (χ3v) is 5.15. The van der Waals surface area contributed by atoms with Crippen LogP contribution in [-0.4, -0.2) is 30.2 Å². The van der Waals surface area contributed by atoms with Crippen LogP contribution in [0.3, 0.4) is 0 Å². The Bertz CT molecular complexity index is 926. The van der Waals surface area contributed by atoms with Crippen molar-refractivity contribution in [2.45, 2.75) is 58.3 Å². The molecule has 1 fully saturated rings. The van der Waals surface area contributed by atoms with Gasteiger partial charge in [-0.05, 0) is 19.4 Å². The molecule has 0 saturated carbocycles. The van der Waals surface area contributed by atoms with Crippen molar-refractivity contribution in [2.24, 2.45) is 0 Å². The predicted molar refractivity (Wildman–Crippen MR) is 108 cm³/mol. The van der Waals surface area contributed by atoms with Gasteiger partial charge in [0, 0.05) is 24.5 Å². The molecule has 1 aromatic heterocycles. The minimum absolute atomic E-state index is 0.00947. The highest BCUT2D eigenvalue weighted by atomic mass is 35.5. The number of rotatable bonds is 5. The van der Waals surface area contributed by atoms with E-state index in [2.05, 4.69) is 0 Å². The quantitative estimate of drug-likeness (QED) is 0.638. The van der Waals surface area contributed by atoms with Gasteiger partial charge in [0.1, 0.15) is 17.7 Å². The second kappa shape index (κ2) is 8.68. The first-order chi connectivity index (χ1) is 13.6. The van der Waals surface area contributed by atoms with Crippen LogP contribution in [-0.2, 0) is 14.9 Å². The molecule has 2 unspecified atom stereocenters. The Morgan fingerprint density at radius 3 is 2.55 bits per heavy atom. The highest BCUT2D eigenvalue weighted by Crippen LogP contribution is 2.35. The van der Waals surface area contributed by atoms with Crippen LogP contribution in [0.25, 0.3) is 5.69 Å². The number of aromatic nitrogens is 1. The number of halogens is 3. The first-order valence-corrected chi connectivity index (χ1v) is 10.2. The molecule has 160 valence electrons. The van der Waals surface area contributed by atoms with E-state index in [9.17, 15) is 9.18 Å². The highest BCUT2D eigenvalue weighted by molar-refractivity contribution is 6.32. The fourth-order valence-corrected chi connectivity index (χ4v) is 3.77. The van der Waals surface area contributed by atoms with E-state index < -0.39 is 17.0 Å². The van der Waals surface area contributed by atoms with Crippen molar-refractivity contribution in [3.05, 3.63) is 44.4 Å². The Morgan fingerprint density at radius 2 is 2.00 bits per heavy atom. The maximum Gasteiger partial charge on any atom is 0.425 e. The summed E-state index contributed by atoms with van der Waals surface area (Å²) < 4.78 is 37.9. The molecule has 1 aliphatic rings. The summed E-state index contributed by atoms with van der Waals surface area (Å²) in [5.74, 6) is -1.01. The zero-order chi connectivity index (χ0) is 21.3. The van der Waals surface area contributed by atoms with E-state index in [-0.39, 0.29) is 39.8 Å². The number of hydrogen-bond acceptors (Lipinski definition) is 5. The molecule has 0 aliphatic carbocycles. The van der Waals surface area contributed by atoms with Crippen molar-refractivity contribution in [1.29, 1.82) is 0 Å². The average Bonchev–Trinajstić information content (AvgIpc) is 2.94. The van der Waals surface area contributed by atoms with Crippen LogP contribution in [0.15, 0.2) is 21.3 Å². The Kier molecular flexibility index (Phi) is 6.63. The zero-order valence-corrected chi connectivity index (χ0v) is 18.3. The first-order valence-electron chi connectivity index (χ1n) is 9.43. The smallest absolute Gasteiger partial charge is 0.425 e. The average molecular weight is 448 g/mol. The standard InChI is InChI=1S/C20H24Cl2FNO5/c1-5-26-16-7-6-11(10-27-16)28-15-9-14(13(23)8-12(15)21)24-18(22)17(20(2,3)4)29-19(24)25/h8-9,11,16H,5-7,10H2,1-4H3. The van der Waals surface area contributed by atoms with Gasteiger partial charge in [-0.3, -0.25) is 0 Å². The minimum atomic E-state index is -0.785. The number of hydrogen-bond donors (Lipinski definition) is 0. The summed E-state index contributed by atoms with van der Waals surface area (Å²) in [5.41, 5.74) is -0.622. The molecule has 2 aromatic rings. The van der Waals surface area contributed by atoms with Gasteiger partial charge in [0.05, 0.1) is 17.3 Å². The molecule has 0 spiro atoms. The van der Waals surface area contributed by atoms with Crippen molar-refractivity contribution in [3.63, 3.8) is 0 Å².